The SMILES string of the molecule is Cn1c(-c2cccs2)nn(CCNS(=O)(=O)c2ccc(Br)cc2)c1=O. The minimum atomic E-state index is -3.63. The van der Waals surface area contributed by atoms with Crippen LogP contribution in [0.2, 0.25) is 0 Å². The summed E-state index contributed by atoms with van der Waals surface area (Å²) in [4.78, 5) is 13.3. The summed E-state index contributed by atoms with van der Waals surface area (Å²) >= 11 is 4.75. The Labute approximate surface area is 157 Å². The molecule has 0 aliphatic rings. The van der Waals surface area contributed by atoms with Gasteiger partial charge in [0.1, 0.15) is 0 Å². The maximum absolute atomic E-state index is 12.2. The summed E-state index contributed by atoms with van der Waals surface area (Å²) in [6.45, 7) is 0.215. The van der Waals surface area contributed by atoms with Gasteiger partial charge in [-0.2, -0.15) is 0 Å². The minimum Gasteiger partial charge on any atom is -0.277 e. The average Bonchev–Trinajstić information content (AvgIpc) is 3.19. The summed E-state index contributed by atoms with van der Waals surface area (Å²) in [6, 6.07) is 10.1. The van der Waals surface area contributed by atoms with E-state index in [2.05, 4.69) is 25.8 Å². The van der Waals surface area contributed by atoms with Crippen molar-refractivity contribution < 1.29 is 8.42 Å². The first-order valence-corrected chi connectivity index (χ1v) is 10.5. The van der Waals surface area contributed by atoms with Crippen LogP contribution in [0.15, 0.2) is 55.9 Å². The molecular formula is C15H15BrN4O3S2. The molecule has 0 spiro atoms. The number of sulfonamides is 1. The fourth-order valence-electron chi connectivity index (χ4n) is 2.24. The molecule has 2 aromatic heterocycles. The average molecular weight is 443 g/mol. The maximum Gasteiger partial charge on any atom is 0.345 e. The summed E-state index contributed by atoms with van der Waals surface area (Å²) < 4.78 is 30.5. The first-order valence-electron chi connectivity index (χ1n) is 7.31. The van der Waals surface area contributed by atoms with E-state index >= 15 is 0 Å². The highest BCUT2D eigenvalue weighted by atomic mass is 79.9. The lowest BCUT2D eigenvalue weighted by Crippen LogP contribution is -2.31. The Hall–Kier alpha value is -1.75. The predicted octanol–water partition coefficient (Wildman–Crippen LogP) is 2.05. The van der Waals surface area contributed by atoms with Crippen molar-refractivity contribution >= 4 is 37.3 Å². The molecule has 3 rings (SSSR count). The number of nitrogens with one attached hydrogen (secondary N) is 1. The lowest BCUT2D eigenvalue weighted by Gasteiger charge is -2.06. The molecule has 0 fully saturated rings. The Kier molecular flexibility index (Phi) is 5.23. The summed E-state index contributed by atoms with van der Waals surface area (Å²) in [5.41, 5.74) is -0.286. The van der Waals surface area contributed by atoms with Crippen molar-refractivity contribution in [1.29, 1.82) is 0 Å². The summed E-state index contributed by atoms with van der Waals surface area (Å²) in [6.07, 6.45) is 0. The van der Waals surface area contributed by atoms with Crippen molar-refractivity contribution in [3.8, 4) is 10.7 Å². The fraction of sp³-hybridized carbons (Fsp3) is 0.200. The second-order valence-corrected chi connectivity index (χ2v) is 8.85. The van der Waals surface area contributed by atoms with Crippen LogP contribution < -0.4 is 10.4 Å². The van der Waals surface area contributed by atoms with Gasteiger partial charge < -0.3 is 0 Å². The van der Waals surface area contributed by atoms with Gasteiger partial charge >= 0.3 is 5.69 Å². The van der Waals surface area contributed by atoms with Crippen molar-refractivity contribution in [3.05, 3.63) is 56.7 Å². The highest BCUT2D eigenvalue weighted by Crippen LogP contribution is 2.20. The van der Waals surface area contributed by atoms with Crippen LogP contribution in [0.4, 0.5) is 0 Å². The van der Waals surface area contributed by atoms with Gasteiger partial charge in [0.2, 0.25) is 10.0 Å². The highest BCUT2D eigenvalue weighted by Gasteiger charge is 2.15. The molecule has 0 atom stereocenters. The first kappa shape index (κ1) is 18.1. The second-order valence-electron chi connectivity index (χ2n) is 5.22. The smallest absolute Gasteiger partial charge is 0.277 e. The Balaban J connectivity index is 1.71. The molecule has 7 nitrogen and oxygen atoms in total. The molecule has 3 aromatic rings. The number of thiophene rings is 1. The van der Waals surface area contributed by atoms with E-state index in [1.807, 2.05) is 17.5 Å². The topological polar surface area (TPSA) is 86.0 Å². The summed E-state index contributed by atoms with van der Waals surface area (Å²) in [5.74, 6) is 0.566. The van der Waals surface area contributed by atoms with Crippen LogP contribution in [0.1, 0.15) is 0 Å². The van der Waals surface area contributed by atoms with Gasteiger partial charge in [-0.1, -0.05) is 22.0 Å². The van der Waals surface area contributed by atoms with Gasteiger partial charge in [0.05, 0.1) is 16.3 Å². The van der Waals surface area contributed by atoms with Gasteiger partial charge in [0.25, 0.3) is 0 Å². The van der Waals surface area contributed by atoms with E-state index in [-0.39, 0.29) is 23.7 Å². The Bertz CT molecular complexity index is 1020. The standard InChI is InChI=1S/C15H15BrN4O3S2/c1-19-14(13-3-2-10-24-13)18-20(15(19)21)9-8-17-25(22,23)12-6-4-11(16)5-7-12/h2-7,10,17H,8-9H2,1H3. The minimum absolute atomic E-state index is 0.0686. The lowest BCUT2D eigenvalue weighted by atomic mass is 10.4. The molecule has 1 N–H and O–H groups in total. The number of benzene rings is 1. The molecule has 132 valence electrons. The van der Waals surface area contributed by atoms with Crippen LogP contribution in [0.3, 0.4) is 0 Å². The van der Waals surface area contributed by atoms with E-state index in [1.54, 1.807) is 19.2 Å². The van der Waals surface area contributed by atoms with Crippen LogP contribution in [0.25, 0.3) is 10.7 Å². The lowest BCUT2D eigenvalue weighted by molar-refractivity contribution is 0.551. The fourth-order valence-corrected chi connectivity index (χ4v) is 4.27. The second kappa shape index (κ2) is 7.24. The van der Waals surface area contributed by atoms with Gasteiger partial charge in [-0.25, -0.2) is 22.6 Å². The maximum atomic E-state index is 12.2. The Morgan fingerprint density at radius 1 is 1.24 bits per heavy atom. The highest BCUT2D eigenvalue weighted by molar-refractivity contribution is 9.10. The summed E-state index contributed by atoms with van der Waals surface area (Å²) in [5, 5.41) is 6.20. The predicted molar refractivity (Wildman–Crippen MR) is 100 cm³/mol. The van der Waals surface area contributed by atoms with E-state index < -0.39 is 10.0 Å². The molecule has 0 aliphatic carbocycles. The van der Waals surface area contributed by atoms with Crippen molar-refractivity contribution in [1.82, 2.24) is 19.1 Å². The molecule has 0 unspecified atom stereocenters. The van der Waals surface area contributed by atoms with Gasteiger partial charge in [0, 0.05) is 18.1 Å². The Morgan fingerprint density at radius 2 is 1.96 bits per heavy atom. The third-order valence-electron chi connectivity index (χ3n) is 3.52. The van der Waals surface area contributed by atoms with Gasteiger partial charge in [-0.05, 0) is 35.7 Å². The zero-order chi connectivity index (χ0) is 18.0. The molecule has 0 bridgehead atoms. The number of aromatic nitrogens is 3. The monoisotopic (exact) mass is 442 g/mol. The van der Waals surface area contributed by atoms with Crippen LogP contribution in [-0.2, 0) is 23.6 Å². The van der Waals surface area contributed by atoms with Gasteiger partial charge in [0.15, 0.2) is 5.82 Å². The molecule has 0 radical (unpaired) electrons. The first-order chi connectivity index (χ1) is 11.9. The third kappa shape index (κ3) is 3.92. The van der Waals surface area contributed by atoms with Gasteiger partial charge in [-0.15, -0.1) is 16.4 Å². The molecule has 2 heterocycles. The molecule has 1 aromatic carbocycles. The molecular weight excluding hydrogens is 428 g/mol. The van der Waals surface area contributed by atoms with Gasteiger partial charge in [-0.3, -0.25) is 4.57 Å². The van der Waals surface area contributed by atoms with E-state index in [9.17, 15) is 13.2 Å². The number of halogens is 1. The third-order valence-corrected chi connectivity index (χ3v) is 6.39. The molecule has 0 saturated carbocycles. The molecule has 25 heavy (non-hydrogen) atoms. The number of nitrogens with zero attached hydrogens (tertiary/aromatic N) is 3. The van der Waals surface area contributed by atoms with E-state index in [4.69, 9.17) is 0 Å². The zero-order valence-electron chi connectivity index (χ0n) is 13.2. The number of hydrogen-bond donors (Lipinski definition) is 1. The van der Waals surface area contributed by atoms with E-state index in [0.29, 0.717) is 5.82 Å². The molecule has 0 saturated heterocycles. The van der Waals surface area contributed by atoms with Crippen LogP contribution in [0, 0.1) is 0 Å². The summed E-state index contributed by atoms with van der Waals surface area (Å²) in [7, 11) is -1.98. The number of hydrogen-bond acceptors (Lipinski definition) is 5. The van der Waals surface area contributed by atoms with E-state index in [1.165, 1.54) is 32.7 Å². The molecule has 0 aliphatic heterocycles. The quantitative estimate of drug-likeness (QED) is 0.632. The zero-order valence-corrected chi connectivity index (χ0v) is 16.4. The van der Waals surface area contributed by atoms with Crippen LogP contribution >= 0.6 is 27.3 Å². The van der Waals surface area contributed by atoms with Crippen molar-refractivity contribution in [2.24, 2.45) is 7.05 Å². The normalized spacial score (nSPS) is 11.8. The molecule has 10 heteroatoms. The van der Waals surface area contributed by atoms with E-state index in [0.717, 1.165) is 9.35 Å². The molecule has 0 amide bonds. The van der Waals surface area contributed by atoms with Crippen molar-refractivity contribution in [2.75, 3.05) is 6.54 Å². The largest absolute Gasteiger partial charge is 0.345 e. The Morgan fingerprint density at radius 3 is 2.60 bits per heavy atom. The van der Waals surface area contributed by atoms with Crippen LogP contribution in [-0.4, -0.2) is 29.3 Å². The van der Waals surface area contributed by atoms with Crippen molar-refractivity contribution in [3.63, 3.8) is 0 Å². The number of rotatable bonds is 6. The van der Waals surface area contributed by atoms with Crippen molar-refractivity contribution in [2.45, 2.75) is 11.4 Å². The van der Waals surface area contributed by atoms with Crippen LogP contribution in [0.5, 0.6) is 0 Å².